The molecular weight excluding hydrogens is 258 g/mol. The molecule has 0 atom stereocenters. The van der Waals surface area contributed by atoms with Gasteiger partial charge in [0.1, 0.15) is 0 Å². The lowest BCUT2D eigenvalue weighted by atomic mass is 10.1. The van der Waals surface area contributed by atoms with Gasteiger partial charge in [-0.05, 0) is 23.4 Å². The van der Waals surface area contributed by atoms with Crippen molar-refractivity contribution in [2.24, 2.45) is 0 Å². The average molecular weight is 273 g/mol. The fourth-order valence-electron chi connectivity index (χ4n) is 2.59. The summed E-state index contributed by atoms with van der Waals surface area (Å²) in [7, 11) is 0. The highest BCUT2D eigenvalue weighted by molar-refractivity contribution is 7.98. The van der Waals surface area contributed by atoms with Crippen LogP contribution < -0.4 is 4.90 Å². The van der Waals surface area contributed by atoms with E-state index in [1.54, 1.807) is 0 Å². The summed E-state index contributed by atoms with van der Waals surface area (Å²) in [5.74, 6) is 3.27. The molecule has 5 nitrogen and oxygen atoms in total. The molecule has 0 aromatic carbocycles. The van der Waals surface area contributed by atoms with E-state index in [4.69, 9.17) is 0 Å². The molecule has 6 heteroatoms. The average Bonchev–Trinajstić information content (AvgIpc) is 2.91. The van der Waals surface area contributed by atoms with Gasteiger partial charge in [0.15, 0.2) is 5.82 Å². The second kappa shape index (κ2) is 4.52. The van der Waals surface area contributed by atoms with Crippen LogP contribution in [0.15, 0.2) is 24.5 Å². The number of rotatable bonds is 2. The number of aromatic nitrogens is 4. The molecule has 2 aliphatic rings. The molecule has 2 aromatic rings. The lowest BCUT2D eigenvalue weighted by molar-refractivity contribution is 0.365. The largest absolute Gasteiger partial charge is 0.351 e. The van der Waals surface area contributed by atoms with Crippen molar-refractivity contribution in [1.82, 2.24) is 20.0 Å². The Bertz CT molecular complexity index is 577. The maximum absolute atomic E-state index is 4.38. The third kappa shape index (κ3) is 2.00. The van der Waals surface area contributed by atoms with Crippen LogP contribution in [0.3, 0.4) is 0 Å². The molecule has 0 unspecified atom stereocenters. The Balaban J connectivity index is 1.49. The number of thioether (sulfide) groups is 1. The predicted molar refractivity (Wildman–Crippen MR) is 75.4 cm³/mol. The van der Waals surface area contributed by atoms with Crippen LogP contribution in [0, 0.1) is 0 Å². The number of anilines is 1. The Morgan fingerprint density at radius 1 is 1.26 bits per heavy atom. The van der Waals surface area contributed by atoms with Crippen LogP contribution in [0.5, 0.6) is 0 Å². The van der Waals surface area contributed by atoms with Crippen LogP contribution in [0.2, 0.25) is 0 Å². The van der Waals surface area contributed by atoms with E-state index in [0.717, 1.165) is 31.1 Å². The Kier molecular flexibility index (Phi) is 2.69. The zero-order valence-corrected chi connectivity index (χ0v) is 11.4. The van der Waals surface area contributed by atoms with Gasteiger partial charge in [0.05, 0.1) is 11.7 Å². The van der Waals surface area contributed by atoms with Crippen molar-refractivity contribution in [2.75, 3.05) is 23.7 Å². The zero-order valence-electron chi connectivity index (χ0n) is 10.6. The number of hydrogen-bond donors (Lipinski definition) is 0. The Morgan fingerprint density at radius 2 is 2.21 bits per heavy atom. The van der Waals surface area contributed by atoms with E-state index in [2.05, 4.69) is 26.3 Å². The molecule has 0 radical (unpaired) electrons. The van der Waals surface area contributed by atoms with Crippen molar-refractivity contribution in [2.45, 2.75) is 18.2 Å². The van der Waals surface area contributed by atoms with E-state index in [9.17, 15) is 0 Å². The Labute approximate surface area is 116 Å². The van der Waals surface area contributed by atoms with E-state index >= 15 is 0 Å². The summed E-state index contributed by atoms with van der Waals surface area (Å²) in [6, 6.07) is 4.66. The predicted octanol–water partition coefficient (Wildman–Crippen LogP) is 1.52. The molecule has 0 saturated carbocycles. The Hall–Kier alpha value is -1.56. The summed E-state index contributed by atoms with van der Waals surface area (Å²) in [5, 5.41) is 13.0. The molecule has 98 valence electrons. The smallest absolute Gasteiger partial charge is 0.151 e. The second-order valence-electron chi connectivity index (χ2n) is 5.02. The first-order valence-electron chi connectivity index (χ1n) is 6.57. The molecule has 0 spiro atoms. The van der Waals surface area contributed by atoms with Crippen molar-refractivity contribution >= 4 is 17.6 Å². The van der Waals surface area contributed by atoms with Gasteiger partial charge in [0.25, 0.3) is 0 Å². The quantitative estimate of drug-likeness (QED) is 0.830. The van der Waals surface area contributed by atoms with Gasteiger partial charge in [-0.3, -0.25) is 4.68 Å². The van der Waals surface area contributed by atoms with Crippen LogP contribution in [-0.4, -0.2) is 38.8 Å². The van der Waals surface area contributed by atoms with Crippen molar-refractivity contribution in [3.8, 4) is 0 Å². The molecule has 4 rings (SSSR count). The maximum atomic E-state index is 4.38. The van der Waals surface area contributed by atoms with Crippen LogP contribution in [0.1, 0.15) is 17.3 Å². The maximum Gasteiger partial charge on any atom is 0.151 e. The number of fused-ring (bicyclic) bond motifs is 1. The topological polar surface area (TPSA) is 46.8 Å². The molecule has 4 heterocycles. The minimum absolute atomic E-state index is 0.474. The van der Waals surface area contributed by atoms with Gasteiger partial charge in [-0.15, -0.1) is 5.10 Å². The van der Waals surface area contributed by atoms with Crippen molar-refractivity contribution < 1.29 is 0 Å². The molecule has 0 aliphatic carbocycles. The van der Waals surface area contributed by atoms with Gasteiger partial charge in [0.2, 0.25) is 0 Å². The summed E-state index contributed by atoms with van der Waals surface area (Å²) in [6.07, 6.45) is 4.92. The number of nitrogens with zero attached hydrogens (tertiary/aromatic N) is 5. The van der Waals surface area contributed by atoms with Gasteiger partial charge in [0, 0.05) is 37.7 Å². The Morgan fingerprint density at radius 3 is 3.05 bits per heavy atom. The first-order chi connectivity index (χ1) is 9.40. The summed E-state index contributed by atoms with van der Waals surface area (Å²) in [6.45, 7) is 1.95. The summed E-state index contributed by atoms with van der Waals surface area (Å²) >= 11 is 1.98. The summed E-state index contributed by atoms with van der Waals surface area (Å²) in [5.41, 5.74) is 2.55. The summed E-state index contributed by atoms with van der Waals surface area (Å²) < 4.78 is 2.03. The van der Waals surface area contributed by atoms with E-state index in [-0.39, 0.29) is 0 Å². The first kappa shape index (κ1) is 11.3. The first-order valence-corrected chi connectivity index (χ1v) is 7.73. The zero-order chi connectivity index (χ0) is 12.7. The minimum atomic E-state index is 0.474. The van der Waals surface area contributed by atoms with Gasteiger partial charge in [-0.1, -0.05) is 0 Å². The standard InChI is InChI=1S/C13H15N5S/c1-3-14-18(4-1)11-7-17(8-11)13-6-10-9-19-5-2-12(10)15-16-13/h1,3-4,6,11H,2,5,7-9H2. The van der Waals surface area contributed by atoms with Crippen molar-refractivity contribution in [3.63, 3.8) is 0 Å². The van der Waals surface area contributed by atoms with Gasteiger partial charge in [-0.2, -0.15) is 22.0 Å². The van der Waals surface area contributed by atoms with Gasteiger partial charge >= 0.3 is 0 Å². The molecule has 0 bridgehead atoms. The lowest BCUT2D eigenvalue weighted by Crippen LogP contribution is -2.48. The fraction of sp³-hybridized carbons (Fsp3) is 0.462. The second-order valence-corrected chi connectivity index (χ2v) is 6.13. The highest BCUT2D eigenvalue weighted by Gasteiger charge is 2.30. The number of aryl methyl sites for hydroxylation is 1. The van der Waals surface area contributed by atoms with Crippen molar-refractivity contribution in [1.29, 1.82) is 0 Å². The molecule has 1 saturated heterocycles. The van der Waals surface area contributed by atoms with Crippen LogP contribution in [0.4, 0.5) is 5.82 Å². The van der Waals surface area contributed by atoms with E-state index in [1.807, 2.05) is 34.9 Å². The van der Waals surface area contributed by atoms with Crippen LogP contribution >= 0.6 is 11.8 Å². The van der Waals surface area contributed by atoms with Gasteiger partial charge < -0.3 is 4.90 Å². The molecule has 2 aliphatic heterocycles. The fourth-order valence-corrected chi connectivity index (χ4v) is 3.54. The van der Waals surface area contributed by atoms with E-state index < -0.39 is 0 Å². The normalized spacial score (nSPS) is 19.1. The molecule has 0 N–H and O–H groups in total. The monoisotopic (exact) mass is 273 g/mol. The highest BCUT2D eigenvalue weighted by atomic mass is 32.2. The summed E-state index contributed by atoms with van der Waals surface area (Å²) in [4.78, 5) is 2.28. The third-order valence-corrected chi connectivity index (χ3v) is 4.78. The van der Waals surface area contributed by atoms with Gasteiger partial charge in [-0.25, -0.2) is 0 Å². The lowest BCUT2D eigenvalue weighted by Gasteiger charge is -2.40. The van der Waals surface area contributed by atoms with E-state index in [1.165, 1.54) is 17.0 Å². The van der Waals surface area contributed by atoms with Crippen LogP contribution in [-0.2, 0) is 12.2 Å². The minimum Gasteiger partial charge on any atom is -0.351 e. The third-order valence-electron chi connectivity index (χ3n) is 3.77. The highest BCUT2D eigenvalue weighted by Crippen LogP contribution is 2.29. The van der Waals surface area contributed by atoms with Crippen molar-refractivity contribution in [3.05, 3.63) is 35.8 Å². The molecular formula is C13H15N5S. The van der Waals surface area contributed by atoms with E-state index in [0.29, 0.717) is 6.04 Å². The molecule has 19 heavy (non-hydrogen) atoms. The number of hydrogen-bond acceptors (Lipinski definition) is 5. The van der Waals surface area contributed by atoms with Crippen LogP contribution in [0.25, 0.3) is 0 Å². The molecule has 0 amide bonds. The SMILES string of the molecule is c1cnn(C2CN(c3cc4c(nn3)CCSC4)C2)c1. The molecule has 1 fully saturated rings. The molecule has 2 aromatic heterocycles.